The zero-order chi connectivity index (χ0) is 9.84. The molecule has 0 fully saturated rings. The van der Waals surface area contributed by atoms with Crippen LogP contribution in [0.4, 0.5) is 0 Å². The van der Waals surface area contributed by atoms with Gasteiger partial charge >= 0.3 is 0 Å². The van der Waals surface area contributed by atoms with E-state index in [1.54, 1.807) is 0 Å². The van der Waals surface area contributed by atoms with E-state index in [0.717, 1.165) is 24.7 Å². The van der Waals surface area contributed by atoms with Gasteiger partial charge in [-0.3, -0.25) is 0 Å². The van der Waals surface area contributed by atoms with Crippen LogP contribution in [0.3, 0.4) is 0 Å². The van der Waals surface area contributed by atoms with Crippen molar-refractivity contribution in [3.8, 4) is 0 Å². The topological polar surface area (TPSA) is 42.7 Å². The Morgan fingerprint density at radius 1 is 1.38 bits per heavy atom. The van der Waals surface area contributed by atoms with E-state index in [-0.39, 0.29) is 0 Å². The summed E-state index contributed by atoms with van der Waals surface area (Å²) in [6.45, 7) is 10.1. The third-order valence-electron chi connectivity index (χ3n) is 1.99. The summed E-state index contributed by atoms with van der Waals surface area (Å²) in [5.74, 6) is 2.01. The lowest BCUT2D eigenvalue weighted by molar-refractivity contribution is 0.536. The maximum absolute atomic E-state index is 4.12. The Bertz CT molecular complexity index is 265. The fourth-order valence-electron chi connectivity index (χ4n) is 1.44. The van der Waals surface area contributed by atoms with Crippen LogP contribution in [0.15, 0.2) is 0 Å². The second kappa shape index (κ2) is 4.37. The van der Waals surface area contributed by atoms with Crippen molar-refractivity contribution in [2.75, 3.05) is 6.54 Å². The van der Waals surface area contributed by atoms with Crippen LogP contribution in [0, 0.1) is 6.92 Å². The van der Waals surface area contributed by atoms with Crippen LogP contribution < -0.4 is 5.32 Å². The van der Waals surface area contributed by atoms with E-state index in [2.05, 4.69) is 40.9 Å². The predicted octanol–water partition coefficient (Wildman–Crippen LogP) is 1.28. The van der Waals surface area contributed by atoms with Crippen LogP contribution in [0.2, 0.25) is 0 Å². The van der Waals surface area contributed by atoms with E-state index in [1.165, 1.54) is 0 Å². The Morgan fingerprint density at radius 3 is 2.62 bits per heavy atom. The molecule has 1 aromatic rings. The molecule has 0 amide bonds. The summed E-state index contributed by atoms with van der Waals surface area (Å²) in [4.78, 5) is 0. The van der Waals surface area contributed by atoms with Crippen molar-refractivity contribution in [3.05, 3.63) is 11.6 Å². The Balaban J connectivity index is 2.81. The number of hydrogen-bond donors (Lipinski definition) is 1. The van der Waals surface area contributed by atoms with Crippen molar-refractivity contribution >= 4 is 0 Å². The number of aromatic nitrogens is 3. The molecule has 0 atom stereocenters. The molecule has 1 rings (SSSR count). The highest BCUT2D eigenvalue weighted by Gasteiger charge is 2.09. The molecule has 4 nitrogen and oxygen atoms in total. The van der Waals surface area contributed by atoms with Gasteiger partial charge in [0.15, 0.2) is 0 Å². The van der Waals surface area contributed by atoms with Gasteiger partial charge in [0.2, 0.25) is 0 Å². The minimum absolute atomic E-state index is 0.434. The minimum atomic E-state index is 0.434. The van der Waals surface area contributed by atoms with Crippen LogP contribution in [0.1, 0.15) is 38.5 Å². The summed E-state index contributed by atoms with van der Waals surface area (Å²) in [5.41, 5.74) is 0. The molecule has 0 aliphatic heterocycles. The second-order valence-electron chi connectivity index (χ2n) is 3.41. The summed E-state index contributed by atoms with van der Waals surface area (Å²) < 4.78 is 2.16. The number of rotatable bonds is 4. The molecule has 0 aliphatic rings. The largest absolute Gasteiger partial charge is 0.312 e. The molecule has 0 bridgehead atoms. The highest BCUT2D eigenvalue weighted by Crippen LogP contribution is 2.10. The summed E-state index contributed by atoms with van der Waals surface area (Å²) in [7, 11) is 0. The molecule has 74 valence electrons. The standard InChI is InChI=1S/C9H18N4/c1-5-10-6-9-12-11-8(4)13(9)7(2)3/h7,10H,5-6H2,1-4H3. The molecule has 0 saturated carbocycles. The maximum Gasteiger partial charge on any atom is 0.147 e. The lowest BCUT2D eigenvalue weighted by atomic mass is 10.3. The summed E-state index contributed by atoms with van der Waals surface area (Å²) >= 11 is 0. The van der Waals surface area contributed by atoms with Crippen LogP contribution in [-0.2, 0) is 6.54 Å². The molecule has 1 aromatic heterocycles. The smallest absolute Gasteiger partial charge is 0.147 e. The number of aryl methyl sites for hydroxylation is 1. The predicted molar refractivity (Wildman–Crippen MR) is 52.5 cm³/mol. The van der Waals surface area contributed by atoms with Gasteiger partial charge in [0, 0.05) is 6.04 Å². The summed E-state index contributed by atoms with van der Waals surface area (Å²) in [5, 5.41) is 11.4. The zero-order valence-corrected chi connectivity index (χ0v) is 8.83. The van der Waals surface area contributed by atoms with Gasteiger partial charge in [0.25, 0.3) is 0 Å². The molecule has 0 aliphatic carbocycles. The maximum atomic E-state index is 4.12. The molecule has 0 unspecified atom stereocenters. The molecule has 1 N–H and O–H groups in total. The average Bonchev–Trinajstić information content (AvgIpc) is 2.43. The molecule has 0 radical (unpaired) electrons. The Hall–Kier alpha value is -0.900. The van der Waals surface area contributed by atoms with Crippen LogP contribution in [-0.4, -0.2) is 21.3 Å². The van der Waals surface area contributed by atoms with Gasteiger partial charge < -0.3 is 9.88 Å². The Labute approximate surface area is 79.4 Å². The first-order valence-corrected chi connectivity index (χ1v) is 4.78. The quantitative estimate of drug-likeness (QED) is 0.762. The van der Waals surface area contributed by atoms with Crippen molar-refractivity contribution in [1.29, 1.82) is 0 Å². The molecule has 0 aromatic carbocycles. The molecule has 4 heteroatoms. The van der Waals surface area contributed by atoms with Crippen molar-refractivity contribution in [2.45, 2.75) is 40.3 Å². The number of hydrogen-bond acceptors (Lipinski definition) is 3. The van der Waals surface area contributed by atoms with Crippen molar-refractivity contribution in [3.63, 3.8) is 0 Å². The van der Waals surface area contributed by atoms with E-state index in [9.17, 15) is 0 Å². The molecule has 1 heterocycles. The zero-order valence-electron chi connectivity index (χ0n) is 8.83. The average molecular weight is 182 g/mol. The summed E-state index contributed by atoms with van der Waals surface area (Å²) in [6, 6.07) is 0.434. The van der Waals surface area contributed by atoms with E-state index in [4.69, 9.17) is 0 Å². The summed E-state index contributed by atoms with van der Waals surface area (Å²) in [6.07, 6.45) is 0. The van der Waals surface area contributed by atoms with Crippen LogP contribution in [0.5, 0.6) is 0 Å². The minimum Gasteiger partial charge on any atom is -0.312 e. The molecule has 13 heavy (non-hydrogen) atoms. The highest BCUT2D eigenvalue weighted by atomic mass is 15.3. The monoisotopic (exact) mass is 182 g/mol. The van der Waals surface area contributed by atoms with Crippen LogP contribution >= 0.6 is 0 Å². The molecular formula is C9H18N4. The van der Waals surface area contributed by atoms with Gasteiger partial charge in [0.05, 0.1) is 6.54 Å². The lowest BCUT2D eigenvalue weighted by Gasteiger charge is -2.12. The Morgan fingerprint density at radius 2 is 2.08 bits per heavy atom. The molecular weight excluding hydrogens is 164 g/mol. The van der Waals surface area contributed by atoms with Crippen molar-refractivity contribution in [2.24, 2.45) is 0 Å². The van der Waals surface area contributed by atoms with E-state index in [1.807, 2.05) is 6.92 Å². The van der Waals surface area contributed by atoms with Gasteiger partial charge in [-0.25, -0.2) is 0 Å². The van der Waals surface area contributed by atoms with Gasteiger partial charge in [0.1, 0.15) is 11.6 Å². The van der Waals surface area contributed by atoms with E-state index in [0.29, 0.717) is 6.04 Å². The van der Waals surface area contributed by atoms with E-state index < -0.39 is 0 Å². The van der Waals surface area contributed by atoms with E-state index >= 15 is 0 Å². The lowest BCUT2D eigenvalue weighted by Crippen LogP contribution is -2.17. The van der Waals surface area contributed by atoms with Crippen molar-refractivity contribution < 1.29 is 0 Å². The molecule has 0 saturated heterocycles. The Kier molecular flexibility index (Phi) is 3.42. The first kappa shape index (κ1) is 10.2. The first-order valence-electron chi connectivity index (χ1n) is 4.78. The van der Waals surface area contributed by atoms with Gasteiger partial charge in [-0.1, -0.05) is 6.92 Å². The SMILES string of the molecule is CCNCc1nnc(C)n1C(C)C. The fraction of sp³-hybridized carbons (Fsp3) is 0.778. The number of nitrogens with zero attached hydrogens (tertiary/aromatic N) is 3. The molecule has 0 spiro atoms. The van der Waals surface area contributed by atoms with Crippen molar-refractivity contribution in [1.82, 2.24) is 20.1 Å². The van der Waals surface area contributed by atoms with Gasteiger partial charge in [-0.05, 0) is 27.3 Å². The second-order valence-corrected chi connectivity index (χ2v) is 3.41. The normalized spacial score (nSPS) is 11.2. The van der Waals surface area contributed by atoms with Gasteiger partial charge in [-0.15, -0.1) is 10.2 Å². The first-order chi connectivity index (χ1) is 6.16. The third-order valence-corrected chi connectivity index (χ3v) is 1.99. The third kappa shape index (κ3) is 2.28. The van der Waals surface area contributed by atoms with Gasteiger partial charge in [-0.2, -0.15) is 0 Å². The number of nitrogens with one attached hydrogen (secondary N) is 1. The fourth-order valence-corrected chi connectivity index (χ4v) is 1.44. The highest BCUT2D eigenvalue weighted by molar-refractivity contribution is 4.95. The van der Waals surface area contributed by atoms with Crippen LogP contribution in [0.25, 0.3) is 0 Å².